The summed E-state index contributed by atoms with van der Waals surface area (Å²) in [6.07, 6.45) is 0. The minimum absolute atomic E-state index is 0.175. The molecule has 1 unspecified atom stereocenters. The van der Waals surface area contributed by atoms with Crippen LogP contribution in [0.3, 0.4) is 0 Å². The molecule has 2 heterocycles. The Morgan fingerprint density at radius 1 is 1.35 bits per heavy atom. The van der Waals surface area contributed by atoms with E-state index in [1.807, 2.05) is 20.9 Å². The van der Waals surface area contributed by atoms with Crippen molar-refractivity contribution < 1.29 is 9.18 Å². The number of benzene rings is 1. The summed E-state index contributed by atoms with van der Waals surface area (Å²) in [6.45, 7) is 5.50. The van der Waals surface area contributed by atoms with Crippen LogP contribution in [0.5, 0.6) is 0 Å². The number of carbonyl (C=O) groups excluding carboxylic acids is 1. The van der Waals surface area contributed by atoms with Crippen LogP contribution in [0.2, 0.25) is 0 Å². The summed E-state index contributed by atoms with van der Waals surface area (Å²) in [5.74, 6) is -0.225. The number of aromatic nitrogens is 5. The number of amides is 1. The number of carbonyl (C=O) groups is 1. The van der Waals surface area contributed by atoms with Crippen LogP contribution in [0, 0.1) is 19.7 Å². The highest BCUT2D eigenvalue weighted by molar-refractivity contribution is 8.00. The molecule has 0 saturated heterocycles. The maximum absolute atomic E-state index is 13.8. The lowest BCUT2D eigenvalue weighted by molar-refractivity contribution is -0.115. The molecule has 3 rings (SSSR count). The van der Waals surface area contributed by atoms with Gasteiger partial charge in [-0.3, -0.25) is 14.6 Å². The Kier molecular flexibility index (Phi) is 5.08. The lowest BCUT2D eigenvalue weighted by Gasteiger charge is -2.10. The van der Waals surface area contributed by atoms with Gasteiger partial charge in [-0.05, 0) is 32.9 Å². The fourth-order valence-electron chi connectivity index (χ4n) is 2.46. The number of hydrogen-bond donors (Lipinski definition) is 2. The number of hydrogen-bond acceptors (Lipinski definition) is 5. The van der Waals surface area contributed by atoms with E-state index in [0.717, 1.165) is 11.4 Å². The van der Waals surface area contributed by atoms with Gasteiger partial charge >= 0.3 is 0 Å². The van der Waals surface area contributed by atoms with E-state index in [0.29, 0.717) is 22.2 Å². The molecule has 9 heteroatoms. The maximum atomic E-state index is 13.8. The number of nitrogens with one attached hydrogen (secondary N) is 2. The number of aryl methyl sites for hydroxylation is 2. The van der Waals surface area contributed by atoms with E-state index in [1.54, 1.807) is 29.8 Å². The molecule has 136 valence electrons. The van der Waals surface area contributed by atoms with Crippen molar-refractivity contribution in [1.29, 1.82) is 0 Å². The highest BCUT2D eigenvalue weighted by Crippen LogP contribution is 2.26. The van der Waals surface area contributed by atoms with E-state index in [2.05, 4.69) is 25.6 Å². The molecule has 0 spiro atoms. The van der Waals surface area contributed by atoms with Crippen molar-refractivity contribution in [2.75, 3.05) is 5.32 Å². The number of rotatable bonds is 5. The zero-order chi connectivity index (χ0) is 18.8. The van der Waals surface area contributed by atoms with Crippen molar-refractivity contribution >= 4 is 23.4 Å². The van der Waals surface area contributed by atoms with Crippen LogP contribution in [0.4, 0.5) is 10.1 Å². The first-order valence-corrected chi connectivity index (χ1v) is 8.89. The van der Waals surface area contributed by atoms with Crippen molar-refractivity contribution in [2.24, 2.45) is 7.05 Å². The fourth-order valence-corrected chi connectivity index (χ4v) is 3.19. The Morgan fingerprint density at radius 3 is 2.73 bits per heavy atom. The summed E-state index contributed by atoms with van der Waals surface area (Å²) < 4.78 is 15.5. The van der Waals surface area contributed by atoms with Gasteiger partial charge in [-0.25, -0.2) is 9.37 Å². The van der Waals surface area contributed by atoms with Crippen LogP contribution in [0.25, 0.3) is 11.4 Å². The number of halogens is 1. The number of aromatic amines is 1. The molecule has 2 aromatic heterocycles. The largest absolute Gasteiger partial charge is 0.322 e. The van der Waals surface area contributed by atoms with E-state index in [1.165, 1.54) is 17.8 Å². The number of anilines is 1. The van der Waals surface area contributed by atoms with E-state index in [-0.39, 0.29) is 11.7 Å². The van der Waals surface area contributed by atoms with E-state index in [4.69, 9.17) is 0 Å². The summed E-state index contributed by atoms with van der Waals surface area (Å²) in [6, 6.07) is 6.32. The van der Waals surface area contributed by atoms with Crippen molar-refractivity contribution in [2.45, 2.75) is 31.2 Å². The zero-order valence-electron chi connectivity index (χ0n) is 14.9. The second-order valence-corrected chi connectivity index (χ2v) is 7.17. The lowest BCUT2D eigenvalue weighted by Crippen LogP contribution is -2.23. The molecule has 26 heavy (non-hydrogen) atoms. The average molecular weight is 374 g/mol. The first-order chi connectivity index (χ1) is 12.4. The lowest BCUT2D eigenvalue weighted by atomic mass is 10.2. The van der Waals surface area contributed by atoms with Gasteiger partial charge in [0.25, 0.3) is 0 Å². The highest BCUT2D eigenvalue weighted by atomic mass is 32.2. The van der Waals surface area contributed by atoms with Crippen molar-refractivity contribution in [3.63, 3.8) is 0 Å². The minimum Gasteiger partial charge on any atom is -0.322 e. The van der Waals surface area contributed by atoms with Crippen LogP contribution < -0.4 is 5.32 Å². The van der Waals surface area contributed by atoms with Crippen molar-refractivity contribution in [1.82, 2.24) is 25.0 Å². The third kappa shape index (κ3) is 3.62. The summed E-state index contributed by atoms with van der Waals surface area (Å²) in [7, 11) is 1.83. The highest BCUT2D eigenvalue weighted by Gasteiger charge is 2.20. The molecule has 1 atom stereocenters. The van der Waals surface area contributed by atoms with E-state index < -0.39 is 5.25 Å². The maximum Gasteiger partial charge on any atom is 0.237 e. The fraction of sp³-hybridized carbons (Fsp3) is 0.294. The Labute approximate surface area is 154 Å². The Hall–Kier alpha value is -2.68. The molecular weight excluding hydrogens is 355 g/mol. The molecule has 0 bridgehead atoms. The second kappa shape index (κ2) is 7.28. The van der Waals surface area contributed by atoms with Gasteiger partial charge in [0.05, 0.1) is 27.9 Å². The van der Waals surface area contributed by atoms with Crippen LogP contribution in [-0.4, -0.2) is 36.1 Å². The molecule has 2 N–H and O–H groups in total. The monoisotopic (exact) mass is 374 g/mol. The van der Waals surface area contributed by atoms with Gasteiger partial charge in [0.15, 0.2) is 5.82 Å². The topological polar surface area (TPSA) is 88.5 Å². The summed E-state index contributed by atoms with van der Waals surface area (Å²) in [5, 5.41) is 13.9. The third-order valence-corrected chi connectivity index (χ3v) is 4.96. The Morgan fingerprint density at radius 2 is 2.08 bits per heavy atom. The van der Waals surface area contributed by atoms with Crippen LogP contribution in [0.1, 0.15) is 18.3 Å². The van der Waals surface area contributed by atoms with Gasteiger partial charge in [0.2, 0.25) is 11.1 Å². The molecule has 0 aliphatic carbocycles. The van der Waals surface area contributed by atoms with Gasteiger partial charge in [-0.1, -0.05) is 23.9 Å². The molecule has 0 fully saturated rings. The van der Waals surface area contributed by atoms with E-state index in [9.17, 15) is 9.18 Å². The smallest absolute Gasteiger partial charge is 0.237 e. The SMILES string of the molecule is Cc1nn(C)c(C)c1NC(=O)C(C)Sc1n[nH]c(-c2ccccc2F)n1. The first kappa shape index (κ1) is 18.1. The van der Waals surface area contributed by atoms with Crippen molar-refractivity contribution in [3.8, 4) is 11.4 Å². The number of H-pyrrole nitrogens is 1. The molecular formula is C17H19FN6OS. The minimum atomic E-state index is -0.432. The standard InChI is InChI=1S/C17H19FN6OS/c1-9-14(10(2)24(4)23-9)19-16(25)11(3)26-17-20-15(21-22-17)12-7-5-6-8-13(12)18/h5-8,11H,1-4H3,(H,19,25)(H,20,21,22). The average Bonchev–Trinajstić information content (AvgIpc) is 3.15. The van der Waals surface area contributed by atoms with Crippen LogP contribution in [0.15, 0.2) is 29.4 Å². The molecule has 3 aromatic rings. The Bertz CT molecular complexity index is 951. The summed E-state index contributed by atoms with van der Waals surface area (Å²) >= 11 is 1.20. The predicted molar refractivity (Wildman–Crippen MR) is 98.4 cm³/mol. The molecule has 7 nitrogen and oxygen atoms in total. The first-order valence-electron chi connectivity index (χ1n) is 8.02. The van der Waals surface area contributed by atoms with Gasteiger partial charge in [0.1, 0.15) is 5.82 Å². The van der Waals surface area contributed by atoms with Gasteiger partial charge in [-0.15, -0.1) is 5.10 Å². The summed E-state index contributed by atoms with van der Waals surface area (Å²) in [5.41, 5.74) is 2.70. The van der Waals surface area contributed by atoms with Crippen LogP contribution in [-0.2, 0) is 11.8 Å². The van der Waals surface area contributed by atoms with Crippen molar-refractivity contribution in [3.05, 3.63) is 41.5 Å². The number of nitrogens with zero attached hydrogens (tertiary/aromatic N) is 4. The molecule has 0 aliphatic heterocycles. The normalized spacial score (nSPS) is 12.2. The second-order valence-electron chi connectivity index (χ2n) is 5.87. The van der Waals surface area contributed by atoms with Gasteiger partial charge in [0, 0.05) is 7.05 Å². The third-order valence-electron chi connectivity index (χ3n) is 4.00. The number of thioether (sulfide) groups is 1. The Balaban J connectivity index is 1.69. The molecule has 0 radical (unpaired) electrons. The van der Waals surface area contributed by atoms with E-state index >= 15 is 0 Å². The molecule has 1 amide bonds. The predicted octanol–water partition coefficient (Wildman–Crippen LogP) is 3.08. The molecule has 1 aromatic carbocycles. The molecule has 0 aliphatic rings. The van der Waals surface area contributed by atoms with Crippen LogP contribution >= 0.6 is 11.8 Å². The zero-order valence-corrected chi connectivity index (χ0v) is 15.7. The summed E-state index contributed by atoms with van der Waals surface area (Å²) in [4.78, 5) is 16.7. The molecule has 0 saturated carbocycles. The van der Waals surface area contributed by atoms with Gasteiger partial charge < -0.3 is 5.32 Å². The van der Waals surface area contributed by atoms with Gasteiger partial charge in [-0.2, -0.15) is 5.10 Å². The quantitative estimate of drug-likeness (QED) is 0.670.